The lowest BCUT2D eigenvalue weighted by Gasteiger charge is -2.52. The van der Waals surface area contributed by atoms with Crippen molar-refractivity contribution in [3.63, 3.8) is 0 Å². The van der Waals surface area contributed by atoms with Gasteiger partial charge in [0, 0.05) is 11.5 Å². The van der Waals surface area contributed by atoms with Crippen LogP contribution in [-0.4, -0.2) is 79.9 Å². The first-order valence-corrected chi connectivity index (χ1v) is 11.3. The zero-order valence-corrected chi connectivity index (χ0v) is 19.4. The molecule has 0 heterocycles. The molecule has 192 valence electrons. The zero-order valence-electron chi connectivity index (χ0n) is 19.4. The number of aliphatic hydroxyl groups excluding tert-OH is 3. The van der Waals surface area contributed by atoms with Gasteiger partial charge in [0.25, 0.3) is 5.91 Å². The molecule has 1 amide bonds. The Morgan fingerprint density at radius 3 is 2.47 bits per heavy atom. The van der Waals surface area contributed by atoms with Crippen LogP contribution in [0.15, 0.2) is 35.1 Å². The van der Waals surface area contributed by atoms with E-state index in [4.69, 9.17) is 10.5 Å². The molecule has 1 fully saturated rings. The van der Waals surface area contributed by atoms with Gasteiger partial charge >= 0.3 is 5.97 Å². The van der Waals surface area contributed by atoms with Gasteiger partial charge in [-0.05, 0) is 24.5 Å². The number of hydrogen-bond acceptors (Lipinski definition) is 11. The number of nitrogens with two attached hydrogens (primary N) is 1. The monoisotopic (exact) mass is 502 g/mol. The molecule has 3 aliphatic carbocycles. The average molecular weight is 502 g/mol. The number of aromatic hydroxyl groups is 1. The summed E-state index contributed by atoms with van der Waals surface area (Å²) >= 11 is 0. The van der Waals surface area contributed by atoms with Crippen molar-refractivity contribution in [1.82, 2.24) is 5.32 Å². The lowest BCUT2D eigenvalue weighted by molar-refractivity contribution is -0.165. The van der Waals surface area contributed by atoms with Gasteiger partial charge in [-0.3, -0.25) is 24.5 Å². The van der Waals surface area contributed by atoms with E-state index in [1.54, 1.807) is 19.9 Å². The number of aliphatic hydroxyl groups is 4. The SMILES string of the molecule is CCOC(=O)CNC1C(=O)C(C(N)=O)=C(O)C2(O)C(=O)C3=C(O)c4c(O)cccc4C(C)C3C(O)C12. The molecule has 0 aromatic heterocycles. The van der Waals surface area contributed by atoms with E-state index in [0.717, 1.165) is 0 Å². The summed E-state index contributed by atoms with van der Waals surface area (Å²) in [6.07, 6.45) is -1.75. The van der Waals surface area contributed by atoms with Crippen LogP contribution in [0.25, 0.3) is 5.76 Å². The summed E-state index contributed by atoms with van der Waals surface area (Å²) in [5.74, 6) is -10.8. The lowest BCUT2D eigenvalue weighted by atomic mass is 9.54. The molecule has 6 unspecified atom stereocenters. The molecule has 0 saturated heterocycles. The van der Waals surface area contributed by atoms with Gasteiger partial charge in [-0.25, -0.2) is 0 Å². The smallest absolute Gasteiger partial charge is 0.319 e. The fourth-order valence-electron chi connectivity index (χ4n) is 5.68. The molecule has 3 aliphatic rings. The Balaban J connectivity index is 1.94. The number of phenolic OH excluding ortho intramolecular Hbond substituents is 1. The number of rotatable bonds is 5. The van der Waals surface area contributed by atoms with Gasteiger partial charge in [0.1, 0.15) is 22.8 Å². The Bertz CT molecular complexity index is 1250. The summed E-state index contributed by atoms with van der Waals surface area (Å²) in [4.78, 5) is 51.0. The third-order valence-electron chi connectivity index (χ3n) is 7.24. The number of hydrogen-bond donors (Lipinski definition) is 7. The molecule has 0 bridgehead atoms. The van der Waals surface area contributed by atoms with Gasteiger partial charge in [-0.1, -0.05) is 19.1 Å². The predicted molar refractivity (Wildman–Crippen MR) is 121 cm³/mol. The minimum Gasteiger partial charge on any atom is -0.508 e. The number of Topliss-reactive ketones (excluding diaryl/α,β-unsaturated/α-hetero) is 2. The highest BCUT2D eigenvalue weighted by Crippen LogP contribution is 2.55. The van der Waals surface area contributed by atoms with Crippen molar-refractivity contribution in [2.24, 2.45) is 17.6 Å². The largest absolute Gasteiger partial charge is 0.508 e. The van der Waals surface area contributed by atoms with E-state index in [1.807, 2.05) is 0 Å². The number of primary amides is 1. The third kappa shape index (κ3) is 3.33. The molecule has 1 saturated carbocycles. The van der Waals surface area contributed by atoms with Crippen LogP contribution in [0.3, 0.4) is 0 Å². The Morgan fingerprint density at radius 2 is 1.86 bits per heavy atom. The molecule has 1 aromatic carbocycles. The Morgan fingerprint density at radius 1 is 1.19 bits per heavy atom. The van der Waals surface area contributed by atoms with Crippen molar-refractivity contribution >= 4 is 29.2 Å². The van der Waals surface area contributed by atoms with Gasteiger partial charge in [-0.15, -0.1) is 0 Å². The molecule has 6 atom stereocenters. The number of benzene rings is 1. The highest BCUT2D eigenvalue weighted by atomic mass is 16.5. The van der Waals surface area contributed by atoms with E-state index in [-0.39, 0.29) is 17.9 Å². The average Bonchev–Trinajstić information content (AvgIpc) is 2.81. The summed E-state index contributed by atoms with van der Waals surface area (Å²) in [5.41, 5.74) is 0.943. The second-order valence-electron chi connectivity index (χ2n) is 9.05. The molecule has 0 radical (unpaired) electrons. The maximum absolute atomic E-state index is 13.8. The first kappa shape index (κ1) is 25.4. The quantitative estimate of drug-likeness (QED) is 0.193. The fraction of sp³-hybridized carbons (Fsp3) is 0.417. The Hall–Kier alpha value is -3.74. The van der Waals surface area contributed by atoms with Crippen LogP contribution in [0.5, 0.6) is 5.75 Å². The number of fused-ring (bicyclic) bond motifs is 3. The van der Waals surface area contributed by atoms with E-state index in [1.165, 1.54) is 12.1 Å². The van der Waals surface area contributed by atoms with Crippen molar-refractivity contribution in [2.75, 3.05) is 13.2 Å². The number of carbonyl (C=O) groups is 4. The van der Waals surface area contributed by atoms with Crippen molar-refractivity contribution in [1.29, 1.82) is 0 Å². The first-order valence-electron chi connectivity index (χ1n) is 11.3. The second kappa shape index (κ2) is 8.73. The van der Waals surface area contributed by atoms with E-state index < -0.39 is 88.2 Å². The van der Waals surface area contributed by atoms with Crippen molar-refractivity contribution in [3.8, 4) is 5.75 Å². The molecule has 4 rings (SSSR count). The van der Waals surface area contributed by atoms with Gasteiger partial charge in [-0.2, -0.15) is 0 Å². The molecular weight excluding hydrogens is 476 g/mol. The van der Waals surface area contributed by atoms with E-state index in [9.17, 15) is 44.7 Å². The number of nitrogens with one attached hydrogen (secondary N) is 1. The van der Waals surface area contributed by atoms with Crippen LogP contribution >= 0.6 is 0 Å². The molecule has 0 aliphatic heterocycles. The predicted octanol–water partition coefficient (Wildman–Crippen LogP) is -0.913. The molecule has 12 heteroatoms. The van der Waals surface area contributed by atoms with Crippen LogP contribution < -0.4 is 11.1 Å². The van der Waals surface area contributed by atoms with Crippen LogP contribution in [0, 0.1) is 11.8 Å². The van der Waals surface area contributed by atoms with Crippen LogP contribution in [-0.2, 0) is 23.9 Å². The molecule has 1 aromatic rings. The van der Waals surface area contributed by atoms with Gasteiger partial charge in [0.15, 0.2) is 11.4 Å². The van der Waals surface area contributed by atoms with E-state index in [2.05, 4.69) is 5.32 Å². The zero-order chi connectivity index (χ0) is 26.7. The van der Waals surface area contributed by atoms with E-state index in [0.29, 0.717) is 5.56 Å². The first-order chi connectivity index (χ1) is 16.9. The second-order valence-corrected chi connectivity index (χ2v) is 9.05. The number of carbonyl (C=O) groups excluding carboxylic acids is 4. The summed E-state index contributed by atoms with van der Waals surface area (Å²) in [6, 6.07) is 2.66. The Labute approximate surface area is 204 Å². The van der Waals surface area contributed by atoms with Gasteiger partial charge < -0.3 is 36.0 Å². The van der Waals surface area contributed by atoms with Crippen LogP contribution in [0.1, 0.15) is 30.9 Å². The fourth-order valence-corrected chi connectivity index (χ4v) is 5.68. The number of ketones is 2. The third-order valence-corrected chi connectivity index (χ3v) is 7.24. The number of ether oxygens (including phenoxy) is 1. The molecule has 0 spiro atoms. The topological polar surface area (TPSA) is 217 Å². The number of esters is 1. The van der Waals surface area contributed by atoms with Crippen LogP contribution in [0.2, 0.25) is 0 Å². The molecular formula is C24H26N2O10. The maximum Gasteiger partial charge on any atom is 0.319 e. The molecule has 8 N–H and O–H groups in total. The van der Waals surface area contributed by atoms with Crippen LogP contribution in [0.4, 0.5) is 0 Å². The van der Waals surface area contributed by atoms with Crippen molar-refractivity contribution in [2.45, 2.75) is 37.5 Å². The van der Waals surface area contributed by atoms with Crippen molar-refractivity contribution in [3.05, 3.63) is 46.2 Å². The summed E-state index contributed by atoms with van der Waals surface area (Å²) in [5, 5.41) is 57.8. The van der Waals surface area contributed by atoms with Gasteiger partial charge in [0.2, 0.25) is 5.78 Å². The summed E-state index contributed by atoms with van der Waals surface area (Å²) < 4.78 is 4.82. The number of amides is 1. The Kier molecular flexibility index (Phi) is 6.15. The van der Waals surface area contributed by atoms with Gasteiger partial charge in [0.05, 0.1) is 36.8 Å². The van der Waals surface area contributed by atoms with Crippen molar-refractivity contribution < 1.29 is 49.4 Å². The van der Waals surface area contributed by atoms with E-state index >= 15 is 0 Å². The summed E-state index contributed by atoms with van der Waals surface area (Å²) in [7, 11) is 0. The standard InChI is InChI=1S/C24H26N2O10/c1-3-36-11(28)7-26-17-16-19(30)12-8(2)9-5-4-6-10(27)13(9)18(29)14(12)21(32)24(16,35)22(33)15(20(17)31)23(25)34/h4-6,8,12,16-17,19,26-27,29-30,33,35H,3,7H2,1-2H3,(H2,25,34). The molecule has 12 nitrogen and oxygen atoms in total. The summed E-state index contributed by atoms with van der Waals surface area (Å²) in [6.45, 7) is 2.61. The molecule has 36 heavy (non-hydrogen) atoms. The minimum absolute atomic E-state index is 0.0279. The lowest BCUT2D eigenvalue weighted by Crippen LogP contribution is -2.71. The maximum atomic E-state index is 13.8. The minimum atomic E-state index is -3.06. The highest BCUT2D eigenvalue weighted by molar-refractivity contribution is 6.24. The number of phenols is 1. The normalized spacial score (nSPS) is 31.5. The highest BCUT2D eigenvalue weighted by Gasteiger charge is 2.67.